The highest BCUT2D eigenvalue weighted by Gasteiger charge is 2.36. The van der Waals surface area contributed by atoms with Crippen LogP contribution in [0.4, 0.5) is 0 Å². The van der Waals surface area contributed by atoms with Crippen LogP contribution in [-0.2, 0) is 20.4 Å². The molecular weight excluding hydrogens is 376 g/mol. The molecule has 1 fully saturated rings. The van der Waals surface area contributed by atoms with Gasteiger partial charge in [-0.25, -0.2) is 12.7 Å². The monoisotopic (exact) mass is 398 g/mol. The van der Waals surface area contributed by atoms with Crippen molar-refractivity contribution in [2.24, 2.45) is 5.92 Å². The molecule has 0 radical (unpaired) electrons. The maximum Gasteiger partial charge on any atom is 0.223 e. The van der Waals surface area contributed by atoms with Gasteiger partial charge in [0.1, 0.15) is 5.60 Å². The molecule has 0 spiro atoms. The lowest BCUT2D eigenvalue weighted by atomic mass is 9.93. The fourth-order valence-electron chi connectivity index (χ4n) is 3.15. The third-order valence-electron chi connectivity index (χ3n) is 4.74. The minimum Gasteiger partial charge on any atom is -0.472 e. The van der Waals surface area contributed by atoms with E-state index in [1.807, 2.05) is 17.5 Å². The SMILES string of the molecule is CS(=O)(=O)N1CCC(C(=O)NC[C@](O)(c2ccoc2)c2cccs2)CC1. The van der Waals surface area contributed by atoms with E-state index in [4.69, 9.17) is 4.42 Å². The van der Waals surface area contributed by atoms with Crippen LogP contribution in [0.2, 0.25) is 0 Å². The van der Waals surface area contributed by atoms with Crippen molar-refractivity contribution in [3.05, 3.63) is 46.5 Å². The highest BCUT2D eigenvalue weighted by molar-refractivity contribution is 7.88. The van der Waals surface area contributed by atoms with Crippen molar-refractivity contribution >= 4 is 27.3 Å². The first-order chi connectivity index (χ1) is 12.3. The van der Waals surface area contributed by atoms with Gasteiger partial charge >= 0.3 is 0 Å². The first-order valence-corrected chi connectivity index (χ1v) is 11.1. The molecule has 3 rings (SSSR count). The zero-order valence-corrected chi connectivity index (χ0v) is 16.1. The number of thiophene rings is 1. The summed E-state index contributed by atoms with van der Waals surface area (Å²) in [4.78, 5) is 13.2. The predicted octanol–water partition coefficient (Wildman–Crippen LogP) is 1.36. The van der Waals surface area contributed by atoms with Gasteiger partial charge in [0.15, 0.2) is 0 Å². The van der Waals surface area contributed by atoms with Gasteiger partial charge in [0.25, 0.3) is 0 Å². The maximum absolute atomic E-state index is 12.5. The predicted molar refractivity (Wildman–Crippen MR) is 98.2 cm³/mol. The van der Waals surface area contributed by atoms with E-state index in [9.17, 15) is 18.3 Å². The first-order valence-electron chi connectivity index (χ1n) is 8.32. The van der Waals surface area contributed by atoms with Crippen LogP contribution in [0.15, 0.2) is 40.5 Å². The number of piperidine rings is 1. The molecule has 7 nitrogen and oxygen atoms in total. The van der Waals surface area contributed by atoms with Gasteiger partial charge in [-0.3, -0.25) is 4.79 Å². The van der Waals surface area contributed by atoms with Gasteiger partial charge < -0.3 is 14.8 Å². The highest BCUT2D eigenvalue weighted by atomic mass is 32.2. The number of nitrogens with one attached hydrogen (secondary N) is 1. The van der Waals surface area contributed by atoms with Crippen molar-refractivity contribution < 1.29 is 22.7 Å². The molecular formula is C17H22N2O5S2. The lowest BCUT2D eigenvalue weighted by molar-refractivity contribution is -0.127. The number of sulfonamides is 1. The Hall–Kier alpha value is -1.68. The minimum atomic E-state index is -3.22. The molecule has 2 aromatic rings. The van der Waals surface area contributed by atoms with E-state index in [0.717, 1.165) is 0 Å². The second-order valence-corrected chi connectivity index (χ2v) is 9.43. The summed E-state index contributed by atoms with van der Waals surface area (Å²) in [5.41, 5.74) is -0.781. The molecule has 142 valence electrons. The summed E-state index contributed by atoms with van der Waals surface area (Å²) in [6.07, 6.45) is 5.08. The number of hydrogen-bond donors (Lipinski definition) is 2. The topological polar surface area (TPSA) is 99.9 Å². The molecule has 0 saturated carbocycles. The summed E-state index contributed by atoms with van der Waals surface area (Å²) in [5.74, 6) is -0.429. The number of carbonyl (C=O) groups is 1. The first kappa shape index (κ1) is 19.1. The zero-order valence-electron chi connectivity index (χ0n) is 14.4. The van der Waals surface area contributed by atoms with Gasteiger partial charge in [0.05, 0.1) is 25.3 Å². The number of furan rings is 1. The van der Waals surface area contributed by atoms with Crippen molar-refractivity contribution in [3.8, 4) is 0 Å². The number of hydrogen-bond acceptors (Lipinski definition) is 6. The van der Waals surface area contributed by atoms with Crippen LogP contribution in [-0.4, -0.2) is 49.6 Å². The van der Waals surface area contributed by atoms with Crippen LogP contribution >= 0.6 is 11.3 Å². The molecule has 0 unspecified atom stereocenters. The van der Waals surface area contributed by atoms with Gasteiger partial charge in [-0.2, -0.15) is 0 Å². The zero-order chi connectivity index (χ0) is 18.8. The standard InChI is InChI=1S/C17H22N2O5S2/c1-26(22,23)19-7-4-13(5-8-19)16(20)18-12-17(21,14-6-9-24-11-14)15-3-2-10-25-15/h2-3,6,9-11,13,21H,4-5,7-8,12H2,1H3,(H,18,20)/t17-/m0/s1. The highest BCUT2D eigenvalue weighted by Crippen LogP contribution is 2.33. The number of rotatable bonds is 6. The van der Waals surface area contributed by atoms with E-state index in [0.29, 0.717) is 36.4 Å². The molecule has 9 heteroatoms. The van der Waals surface area contributed by atoms with Crippen LogP contribution in [0, 0.1) is 5.92 Å². The molecule has 0 aliphatic carbocycles. The van der Waals surface area contributed by atoms with Crippen molar-refractivity contribution in [2.45, 2.75) is 18.4 Å². The van der Waals surface area contributed by atoms with E-state index < -0.39 is 15.6 Å². The third-order valence-corrected chi connectivity index (χ3v) is 7.06. The summed E-state index contributed by atoms with van der Waals surface area (Å²) in [5, 5.41) is 15.9. The van der Waals surface area contributed by atoms with Crippen LogP contribution in [0.25, 0.3) is 0 Å². The fraction of sp³-hybridized carbons (Fsp3) is 0.471. The minimum absolute atomic E-state index is 0.0260. The smallest absolute Gasteiger partial charge is 0.223 e. The Morgan fingerprint density at radius 1 is 1.42 bits per heavy atom. The van der Waals surface area contributed by atoms with Crippen molar-refractivity contribution in [3.63, 3.8) is 0 Å². The van der Waals surface area contributed by atoms with E-state index >= 15 is 0 Å². The lowest BCUT2D eigenvalue weighted by Gasteiger charge is -2.31. The lowest BCUT2D eigenvalue weighted by Crippen LogP contribution is -2.46. The summed E-state index contributed by atoms with van der Waals surface area (Å²) in [6.45, 7) is 0.708. The number of aliphatic hydroxyl groups is 1. The van der Waals surface area contributed by atoms with Crippen molar-refractivity contribution in [2.75, 3.05) is 25.9 Å². The van der Waals surface area contributed by atoms with Crippen molar-refractivity contribution in [1.82, 2.24) is 9.62 Å². The summed E-state index contributed by atoms with van der Waals surface area (Å²) >= 11 is 1.40. The molecule has 3 heterocycles. The summed E-state index contributed by atoms with van der Waals surface area (Å²) in [7, 11) is -3.22. The Morgan fingerprint density at radius 3 is 2.69 bits per heavy atom. The van der Waals surface area contributed by atoms with E-state index in [2.05, 4.69) is 5.32 Å². The second-order valence-electron chi connectivity index (χ2n) is 6.50. The second kappa shape index (κ2) is 7.51. The Labute approximate surface area is 156 Å². The summed E-state index contributed by atoms with van der Waals surface area (Å²) in [6, 6.07) is 5.33. The maximum atomic E-state index is 12.5. The largest absolute Gasteiger partial charge is 0.472 e. The molecule has 1 saturated heterocycles. The molecule has 2 N–H and O–H groups in total. The molecule has 2 aromatic heterocycles. The Kier molecular flexibility index (Phi) is 5.52. The van der Waals surface area contributed by atoms with E-state index in [1.54, 1.807) is 6.07 Å². The van der Waals surface area contributed by atoms with Crippen LogP contribution < -0.4 is 5.32 Å². The molecule has 26 heavy (non-hydrogen) atoms. The van der Waals surface area contributed by atoms with Gasteiger partial charge in [0, 0.05) is 29.4 Å². The van der Waals surface area contributed by atoms with Crippen LogP contribution in [0.5, 0.6) is 0 Å². The average Bonchev–Trinajstić information content (AvgIpc) is 3.32. The molecule has 0 bridgehead atoms. The van der Waals surface area contributed by atoms with E-state index in [1.165, 1.54) is 34.4 Å². The molecule has 1 aliphatic heterocycles. The number of carbonyl (C=O) groups excluding carboxylic acids is 1. The average molecular weight is 399 g/mol. The number of amides is 1. The fourth-order valence-corrected chi connectivity index (χ4v) is 4.87. The van der Waals surface area contributed by atoms with E-state index in [-0.39, 0.29) is 18.4 Å². The quantitative estimate of drug-likeness (QED) is 0.765. The van der Waals surface area contributed by atoms with Gasteiger partial charge in [-0.05, 0) is 30.4 Å². The van der Waals surface area contributed by atoms with Crippen LogP contribution in [0.3, 0.4) is 0 Å². The molecule has 0 aromatic carbocycles. The Balaban J connectivity index is 1.64. The van der Waals surface area contributed by atoms with Crippen molar-refractivity contribution in [1.29, 1.82) is 0 Å². The molecule has 1 atom stereocenters. The van der Waals surface area contributed by atoms with Crippen LogP contribution in [0.1, 0.15) is 23.3 Å². The Morgan fingerprint density at radius 2 is 2.15 bits per heavy atom. The molecule has 1 amide bonds. The van der Waals surface area contributed by atoms with Gasteiger partial charge in [-0.15, -0.1) is 11.3 Å². The normalized spacial score (nSPS) is 19.2. The Bertz CT molecular complexity index is 788. The summed E-state index contributed by atoms with van der Waals surface area (Å²) < 4.78 is 29.6. The molecule has 1 aliphatic rings. The third kappa shape index (κ3) is 4.01. The number of nitrogens with zero attached hydrogens (tertiary/aromatic N) is 1. The van der Waals surface area contributed by atoms with Gasteiger partial charge in [0.2, 0.25) is 15.9 Å². The van der Waals surface area contributed by atoms with Gasteiger partial charge in [-0.1, -0.05) is 6.07 Å².